The average Bonchev–Trinajstić information content (AvgIpc) is 3.51. The van der Waals surface area contributed by atoms with Crippen molar-refractivity contribution < 1.29 is 4.79 Å². The Morgan fingerprint density at radius 2 is 1.90 bits per heavy atom. The first-order valence-electron chi connectivity index (χ1n) is 12.8. The fourth-order valence-electron chi connectivity index (χ4n) is 4.27. The number of primary amides is 1. The number of nitrogen functional groups attached to an aromatic ring is 1. The van der Waals surface area contributed by atoms with Crippen LogP contribution in [0, 0.1) is 18.8 Å². The third-order valence-corrected chi connectivity index (χ3v) is 6.82. The number of carbonyl (C=O) groups is 1. The third kappa shape index (κ3) is 6.34. The third-order valence-electron chi connectivity index (χ3n) is 6.06. The zero-order valence-electron chi connectivity index (χ0n) is 23.0. The van der Waals surface area contributed by atoms with Crippen LogP contribution in [-0.2, 0) is 13.5 Å². The first kappa shape index (κ1) is 28.8. The summed E-state index contributed by atoms with van der Waals surface area (Å²) in [7, 11) is 1.67. The second-order valence-corrected chi connectivity index (χ2v) is 10.1. The summed E-state index contributed by atoms with van der Waals surface area (Å²) in [6.07, 6.45) is 2.42. The van der Waals surface area contributed by atoms with Crippen LogP contribution >= 0.6 is 11.3 Å². The SMILES string of the molecule is C=CCNc1c(C(N)=O)c(N)nn1C.CCc1cc2cccc(C#Cc3nnc(C)s3)c2c(=O)n1-c1ccccc1. The highest BCUT2D eigenvalue weighted by Gasteiger charge is 2.18. The van der Waals surface area contributed by atoms with E-state index in [-0.39, 0.29) is 16.9 Å². The van der Waals surface area contributed by atoms with Crippen LogP contribution < -0.4 is 22.3 Å². The van der Waals surface area contributed by atoms with E-state index in [1.807, 2.05) is 55.5 Å². The van der Waals surface area contributed by atoms with Crippen LogP contribution in [0.1, 0.15) is 38.6 Å². The molecule has 0 aliphatic heterocycles. The maximum Gasteiger partial charge on any atom is 0.264 e. The summed E-state index contributed by atoms with van der Waals surface area (Å²) in [6, 6.07) is 17.6. The van der Waals surface area contributed by atoms with Gasteiger partial charge in [-0.2, -0.15) is 5.10 Å². The van der Waals surface area contributed by atoms with Crippen molar-refractivity contribution >= 4 is 39.7 Å². The molecule has 208 valence electrons. The van der Waals surface area contributed by atoms with E-state index in [4.69, 9.17) is 11.5 Å². The van der Waals surface area contributed by atoms with Gasteiger partial charge in [-0.05, 0) is 48.9 Å². The van der Waals surface area contributed by atoms with Crippen molar-refractivity contribution in [2.75, 3.05) is 17.6 Å². The highest BCUT2D eigenvalue weighted by Crippen LogP contribution is 2.21. The van der Waals surface area contributed by atoms with Crippen molar-refractivity contribution in [3.8, 4) is 17.5 Å². The number of anilines is 2. The summed E-state index contributed by atoms with van der Waals surface area (Å²) in [5.41, 5.74) is 13.4. The number of fused-ring (bicyclic) bond motifs is 1. The van der Waals surface area contributed by atoms with E-state index in [1.165, 1.54) is 16.0 Å². The van der Waals surface area contributed by atoms with Gasteiger partial charge in [-0.1, -0.05) is 60.6 Å². The minimum absolute atomic E-state index is 0.0473. The molecule has 0 bridgehead atoms. The molecule has 0 radical (unpaired) electrons. The summed E-state index contributed by atoms with van der Waals surface area (Å²) in [4.78, 5) is 24.5. The summed E-state index contributed by atoms with van der Waals surface area (Å²) in [5, 5.41) is 17.9. The van der Waals surface area contributed by atoms with Crippen LogP contribution in [-0.4, -0.2) is 37.0 Å². The predicted octanol–water partition coefficient (Wildman–Crippen LogP) is 3.81. The Balaban J connectivity index is 0.000000234. The summed E-state index contributed by atoms with van der Waals surface area (Å²) >= 11 is 1.44. The molecule has 0 aliphatic rings. The Morgan fingerprint density at radius 1 is 1.15 bits per heavy atom. The summed E-state index contributed by atoms with van der Waals surface area (Å²) < 4.78 is 3.25. The zero-order valence-corrected chi connectivity index (χ0v) is 23.8. The molecule has 3 aromatic heterocycles. The number of rotatable bonds is 6. The number of pyridine rings is 1. The maximum atomic E-state index is 13.4. The first-order chi connectivity index (χ1) is 19.7. The molecule has 0 saturated carbocycles. The van der Waals surface area contributed by atoms with Crippen molar-refractivity contribution in [1.29, 1.82) is 0 Å². The van der Waals surface area contributed by atoms with E-state index < -0.39 is 5.91 Å². The Bertz CT molecular complexity index is 1840. The second-order valence-electron chi connectivity index (χ2n) is 8.88. The molecule has 0 fully saturated rings. The summed E-state index contributed by atoms with van der Waals surface area (Å²) in [6.45, 7) is 8.01. The molecule has 0 aliphatic carbocycles. The Kier molecular flexibility index (Phi) is 8.96. The number of hydrogen-bond acceptors (Lipinski definition) is 8. The minimum atomic E-state index is -0.595. The zero-order chi connectivity index (χ0) is 29.5. The lowest BCUT2D eigenvalue weighted by Gasteiger charge is -2.14. The van der Waals surface area contributed by atoms with Crippen LogP contribution in [0.5, 0.6) is 0 Å². The van der Waals surface area contributed by atoms with E-state index in [1.54, 1.807) is 17.7 Å². The fraction of sp³-hybridized carbons (Fsp3) is 0.167. The van der Waals surface area contributed by atoms with Gasteiger partial charge in [0.2, 0.25) is 0 Å². The molecule has 5 rings (SSSR count). The average molecular weight is 567 g/mol. The molecule has 10 nitrogen and oxygen atoms in total. The number of carbonyl (C=O) groups excluding carboxylic acids is 1. The Morgan fingerprint density at radius 3 is 2.54 bits per heavy atom. The maximum absolute atomic E-state index is 13.4. The number of amides is 1. The topological polar surface area (TPSA) is 147 Å². The van der Waals surface area contributed by atoms with Crippen LogP contribution in [0.3, 0.4) is 0 Å². The molecule has 0 spiro atoms. The van der Waals surface area contributed by atoms with Crippen molar-refractivity contribution in [3.05, 3.63) is 104 Å². The molecule has 2 aromatic carbocycles. The number of aromatic nitrogens is 5. The van der Waals surface area contributed by atoms with Crippen LogP contribution in [0.15, 0.2) is 72.0 Å². The van der Waals surface area contributed by atoms with E-state index in [9.17, 15) is 9.59 Å². The molecule has 0 unspecified atom stereocenters. The largest absolute Gasteiger partial charge is 0.381 e. The Labute approximate surface area is 241 Å². The van der Waals surface area contributed by atoms with Gasteiger partial charge < -0.3 is 16.8 Å². The first-order valence-corrected chi connectivity index (χ1v) is 13.6. The van der Waals surface area contributed by atoms with Crippen molar-refractivity contribution in [3.63, 3.8) is 0 Å². The van der Waals surface area contributed by atoms with Crippen molar-refractivity contribution in [1.82, 2.24) is 24.5 Å². The van der Waals surface area contributed by atoms with Gasteiger partial charge in [0.15, 0.2) is 10.8 Å². The minimum Gasteiger partial charge on any atom is -0.381 e. The van der Waals surface area contributed by atoms with Gasteiger partial charge in [-0.25, -0.2) is 0 Å². The number of nitrogens with zero attached hydrogens (tertiary/aromatic N) is 5. The van der Waals surface area contributed by atoms with Crippen LogP contribution in [0.25, 0.3) is 16.5 Å². The van der Waals surface area contributed by atoms with Crippen molar-refractivity contribution in [2.45, 2.75) is 20.3 Å². The lowest BCUT2D eigenvalue weighted by Crippen LogP contribution is -2.22. The van der Waals surface area contributed by atoms with Crippen LogP contribution in [0.4, 0.5) is 11.6 Å². The number of nitrogens with two attached hydrogens (primary N) is 2. The molecule has 0 saturated heterocycles. The molecule has 41 heavy (non-hydrogen) atoms. The van der Waals surface area contributed by atoms with E-state index >= 15 is 0 Å². The lowest BCUT2D eigenvalue weighted by atomic mass is 10.0. The van der Waals surface area contributed by atoms with E-state index in [2.05, 4.69) is 52.0 Å². The quantitative estimate of drug-likeness (QED) is 0.209. The standard InChI is InChI=1S/C22H17N3OS.C8H13N5O/c1-3-18-14-17-9-7-8-16(12-13-20-24-23-15(2)27-20)21(17)22(26)25(18)19-10-5-4-6-11-19;1-3-4-11-8-5(7(10)14)6(9)12-13(8)2/h4-11,14H,3H2,1-2H3;3,11H,1,4H2,2H3,(H2,9,12)(H2,10,14). The molecule has 11 heteroatoms. The van der Waals surface area contributed by atoms with Crippen molar-refractivity contribution in [2.24, 2.45) is 12.8 Å². The normalized spacial score (nSPS) is 10.3. The highest BCUT2D eigenvalue weighted by atomic mass is 32.1. The molecule has 3 heterocycles. The molecular weight excluding hydrogens is 536 g/mol. The number of aryl methyl sites for hydroxylation is 3. The monoisotopic (exact) mass is 566 g/mol. The van der Waals surface area contributed by atoms with Gasteiger partial charge in [-0.3, -0.25) is 18.8 Å². The van der Waals surface area contributed by atoms with E-state index in [0.717, 1.165) is 28.2 Å². The number of benzene rings is 2. The predicted molar refractivity (Wildman–Crippen MR) is 164 cm³/mol. The van der Waals surface area contributed by atoms with Gasteiger partial charge in [0.05, 0.1) is 5.39 Å². The molecule has 5 N–H and O–H groups in total. The van der Waals surface area contributed by atoms with Gasteiger partial charge in [0.1, 0.15) is 16.4 Å². The van der Waals surface area contributed by atoms with E-state index in [0.29, 0.717) is 28.3 Å². The van der Waals surface area contributed by atoms with Gasteiger partial charge in [0.25, 0.3) is 11.5 Å². The lowest BCUT2D eigenvalue weighted by molar-refractivity contribution is 0.100. The van der Waals surface area contributed by atoms with Gasteiger partial charge in [0, 0.05) is 30.5 Å². The Hall–Kier alpha value is -5.21. The second kappa shape index (κ2) is 12.8. The summed E-state index contributed by atoms with van der Waals surface area (Å²) in [5.74, 6) is 6.20. The number of para-hydroxylation sites is 1. The molecule has 5 aromatic rings. The molecule has 1 amide bonds. The molecule has 0 atom stereocenters. The highest BCUT2D eigenvalue weighted by molar-refractivity contribution is 7.11. The number of hydrogen-bond donors (Lipinski definition) is 3. The van der Waals surface area contributed by atoms with Gasteiger partial charge in [-0.15, -0.1) is 16.8 Å². The number of nitrogens with one attached hydrogen (secondary N) is 1. The fourth-order valence-corrected chi connectivity index (χ4v) is 4.81. The van der Waals surface area contributed by atoms with Crippen LogP contribution in [0.2, 0.25) is 0 Å². The van der Waals surface area contributed by atoms with Gasteiger partial charge >= 0.3 is 0 Å². The smallest absolute Gasteiger partial charge is 0.264 e. The molecular formula is C30H30N8O2S.